The summed E-state index contributed by atoms with van der Waals surface area (Å²) >= 11 is 1.31. The first-order valence-electron chi connectivity index (χ1n) is 7.10. The van der Waals surface area contributed by atoms with Crippen molar-refractivity contribution in [1.29, 1.82) is 5.26 Å². The van der Waals surface area contributed by atoms with Gasteiger partial charge < -0.3 is 10.1 Å². The molecule has 1 aromatic heterocycles. The number of benzene rings is 2. The maximum atomic E-state index is 12.1. The molecular formula is C18H13N3O2S. The highest BCUT2D eigenvalue weighted by Gasteiger charge is 2.13. The average molecular weight is 335 g/mol. The lowest BCUT2D eigenvalue weighted by Gasteiger charge is -2.08. The molecule has 0 saturated carbocycles. The van der Waals surface area contributed by atoms with E-state index in [0.717, 1.165) is 11.1 Å². The van der Waals surface area contributed by atoms with Crippen LogP contribution in [-0.4, -0.2) is 21.3 Å². The number of aromatic hydroxyl groups is 1. The van der Waals surface area contributed by atoms with Gasteiger partial charge in [-0.1, -0.05) is 42.1 Å². The molecular weight excluding hydrogens is 322 g/mol. The number of aromatic nitrogens is 2. The third-order valence-electron chi connectivity index (χ3n) is 3.54. The van der Waals surface area contributed by atoms with E-state index in [0.29, 0.717) is 16.4 Å². The Hall–Kier alpha value is -3.04. The second-order valence-corrected chi connectivity index (χ2v) is 5.83. The van der Waals surface area contributed by atoms with E-state index in [1.54, 1.807) is 30.5 Å². The zero-order valence-electron chi connectivity index (χ0n) is 12.8. The van der Waals surface area contributed by atoms with Crippen LogP contribution < -0.4 is 5.56 Å². The highest BCUT2D eigenvalue weighted by Crippen LogP contribution is 2.28. The van der Waals surface area contributed by atoms with Crippen LogP contribution in [0.1, 0.15) is 5.56 Å². The highest BCUT2D eigenvalue weighted by atomic mass is 32.2. The fraction of sp³-hybridized carbons (Fsp3) is 0.0556. The van der Waals surface area contributed by atoms with Crippen LogP contribution in [0.3, 0.4) is 0 Å². The predicted molar refractivity (Wildman–Crippen MR) is 93.9 cm³/mol. The van der Waals surface area contributed by atoms with Crippen LogP contribution in [0.4, 0.5) is 0 Å². The lowest BCUT2D eigenvalue weighted by Crippen LogP contribution is -2.14. The van der Waals surface area contributed by atoms with Crippen LogP contribution in [0.2, 0.25) is 0 Å². The Morgan fingerprint density at radius 1 is 1.12 bits per heavy atom. The summed E-state index contributed by atoms with van der Waals surface area (Å²) in [6.45, 7) is 0. The molecule has 5 nitrogen and oxygen atoms in total. The predicted octanol–water partition coefficient (Wildman–Crippen LogP) is 3.40. The molecule has 0 radical (unpaired) electrons. The number of nitriles is 1. The van der Waals surface area contributed by atoms with Gasteiger partial charge in [0.2, 0.25) is 0 Å². The molecule has 0 spiro atoms. The van der Waals surface area contributed by atoms with Crippen LogP contribution in [-0.2, 0) is 0 Å². The molecule has 0 unspecified atom stereocenters. The zero-order chi connectivity index (χ0) is 17.1. The molecule has 118 valence electrons. The summed E-state index contributed by atoms with van der Waals surface area (Å²) in [5, 5.41) is 19.2. The molecule has 2 aromatic carbocycles. The quantitative estimate of drug-likeness (QED) is 0.565. The van der Waals surface area contributed by atoms with E-state index in [-0.39, 0.29) is 11.3 Å². The van der Waals surface area contributed by atoms with Crippen LogP contribution in [0.5, 0.6) is 5.75 Å². The van der Waals surface area contributed by atoms with Crippen LogP contribution in [0.15, 0.2) is 58.5 Å². The molecule has 0 saturated heterocycles. The van der Waals surface area contributed by atoms with Gasteiger partial charge in [-0.05, 0) is 35.6 Å². The molecule has 0 atom stereocenters. The molecule has 3 rings (SSSR count). The number of thioether (sulfide) groups is 1. The number of phenolic OH excluding ortho intramolecular Hbond substituents is 1. The summed E-state index contributed by atoms with van der Waals surface area (Å²) in [6, 6.07) is 16.2. The van der Waals surface area contributed by atoms with E-state index in [1.165, 1.54) is 11.8 Å². The smallest absolute Gasteiger partial charge is 0.270 e. The fourth-order valence-corrected chi connectivity index (χ4v) is 2.74. The van der Waals surface area contributed by atoms with Gasteiger partial charge in [0.15, 0.2) is 5.16 Å². The molecule has 1 heterocycles. The van der Waals surface area contributed by atoms with Gasteiger partial charge >= 0.3 is 0 Å². The van der Waals surface area contributed by atoms with Gasteiger partial charge in [0.1, 0.15) is 17.4 Å². The fourth-order valence-electron chi connectivity index (χ4n) is 2.36. The SMILES string of the molecule is CSc1nc(-c2cccc(-c3ccc(O)cc3)c2)c(C#N)c(=O)[nH]1. The van der Waals surface area contributed by atoms with Crippen molar-refractivity contribution in [3.8, 4) is 34.2 Å². The number of phenols is 1. The Morgan fingerprint density at radius 2 is 1.83 bits per heavy atom. The minimum atomic E-state index is -0.443. The minimum Gasteiger partial charge on any atom is -0.508 e. The zero-order valence-corrected chi connectivity index (χ0v) is 13.6. The first-order valence-corrected chi connectivity index (χ1v) is 8.33. The van der Waals surface area contributed by atoms with Crippen molar-refractivity contribution in [2.24, 2.45) is 0 Å². The lowest BCUT2D eigenvalue weighted by atomic mass is 10.00. The molecule has 0 amide bonds. The third kappa shape index (κ3) is 3.03. The summed E-state index contributed by atoms with van der Waals surface area (Å²) in [4.78, 5) is 19.0. The minimum absolute atomic E-state index is 0.00402. The number of hydrogen-bond donors (Lipinski definition) is 2. The maximum Gasteiger partial charge on any atom is 0.270 e. The Bertz CT molecular complexity index is 988. The summed E-state index contributed by atoms with van der Waals surface area (Å²) < 4.78 is 0. The number of aromatic amines is 1. The Kier molecular flexibility index (Phi) is 4.36. The van der Waals surface area contributed by atoms with Gasteiger partial charge in [-0.2, -0.15) is 5.26 Å². The van der Waals surface area contributed by atoms with Crippen molar-refractivity contribution in [3.63, 3.8) is 0 Å². The lowest BCUT2D eigenvalue weighted by molar-refractivity contribution is 0.475. The number of H-pyrrole nitrogens is 1. The van der Waals surface area contributed by atoms with E-state index >= 15 is 0 Å². The van der Waals surface area contributed by atoms with E-state index in [4.69, 9.17) is 0 Å². The maximum absolute atomic E-state index is 12.1. The van der Waals surface area contributed by atoms with Gasteiger partial charge in [0, 0.05) is 5.56 Å². The van der Waals surface area contributed by atoms with E-state index in [2.05, 4.69) is 9.97 Å². The first kappa shape index (κ1) is 15.8. The van der Waals surface area contributed by atoms with Crippen molar-refractivity contribution in [3.05, 3.63) is 64.4 Å². The van der Waals surface area contributed by atoms with Gasteiger partial charge in [0.05, 0.1) is 5.69 Å². The normalized spacial score (nSPS) is 10.3. The molecule has 0 bridgehead atoms. The number of nitrogens with one attached hydrogen (secondary N) is 1. The molecule has 3 aromatic rings. The Balaban J connectivity index is 2.16. The highest BCUT2D eigenvalue weighted by molar-refractivity contribution is 7.98. The number of hydrogen-bond acceptors (Lipinski definition) is 5. The number of nitrogens with zero attached hydrogens (tertiary/aromatic N) is 2. The van der Waals surface area contributed by atoms with Gasteiger partial charge in [-0.15, -0.1) is 0 Å². The largest absolute Gasteiger partial charge is 0.508 e. The molecule has 6 heteroatoms. The van der Waals surface area contributed by atoms with E-state index in [9.17, 15) is 15.2 Å². The number of rotatable bonds is 3. The second-order valence-electron chi connectivity index (χ2n) is 5.04. The van der Waals surface area contributed by atoms with E-state index < -0.39 is 5.56 Å². The molecule has 0 fully saturated rings. The van der Waals surface area contributed by atoms with Crippen LogP contribution >= 0.6 is 11.8 Å². The van der Waals surface area contributed by atoms with Gasteiger partial charge in [-0.3, -0.25) is 4.79 Å². The Morgan fingerprint density at radius 3 is 2.50 bits per heavy atom. The monoisotopic (exact) mass is 335 g/mol. The summed E-state index contributed by atoms with van der Waals surface area (Å²) in [5.41, 5.74) is 2.44. The van der Waals surface area contributed by atoms with Crippen molar-refractivity contribution in [1.82, 2.24) is 9.97 Å². The van der Waals surface area contributed by atoms with Crippen molar-refractivity contribution in [2.45, 2.75) is 5.16 Å². The Labute approximate surface area is 142 Å². The van der Waals surface area contributed by atoms with Crippen LogP contribution in [0.25, 0.3) is 22.4 Å². The van der Waals surface area contributed by atoms with Gasteiger partial charge in [0.25, 0.3) is 5.56 Å². The first-order chi connectivity index (χ1) is 11.6. The van der Waals surface area contributed by atoms with Crippen molar-refractivity contribution >= 4 is 11.8 Å². The molecule has 2 N–H and O–H groups in total. The summed E-state index contributed by atoms with van der Waals surface area (Å²) in [6.07, 6.45) is 1.81. The molecule has 24 heavy (non-hydrogen) atoms. The van der Waals surface area contributed by atoms with Crippen LogP contribution in [0, 0.1) is 11.3 Å². The third-order valence-corrected chi connectivity index (χ3v) is 4.12. The van der Waals surface area contributed by atoms with E-state index in [1.807, 2.05) is 30.3 Å². The standard InChI is InChI=1S/C18H13N3O2S/c1-24-18-20-16(15(10-19)17(23)21-18)13-4-2-3-12(9-13)11-5-7-14(22)8-6-11/h2-9,22H,1H3,(H,20,21,23). The second kappa shape index (κ2) is 6.60. The topological polar surface area (TPSA) is 89.8 Å². The van der Waals surface area contributed by atoms with Crippen molar-refractivity contribution in [2.75, 3.05) is 6.26 Å². The molecule has 0 aliphatic rings. The molecule has 0 aliphatic heterocycles. The van der Waals surface area contributed by atoms with Gasteiger partial charge in [-0.25, -0.2) is 4.98 Å². The average Bonchev–Trinajstić information content (AvgIpc) is 2.61. The summed E-state index contributed by atoms with van der Waals surface area (Å²) in [5.74, 6) is 0.197. The van der Waals surface area contributed by atoms with Crippen molar-refractivity contribution < 1.29 is 5.11 Å². The summed E-state index contributed by atoms with van der Waals surface area (Å²) in [7, 11) is 0. The molecule has 0 aliphatic carbocycles.